The van der Waals surface area contributed by atoms with Crippen LogP contribution in [0.25, 0.3) is 28.0 Å². The number of allylic oxidation sites excluding steroid dienone is 3. The molecule has 2 N–H and O–H groups in total. The zero-order valence-electron chi connectivity index (χ0n) is 18.3. The van der Waals surface area contributed by atoms with Crippen molar-refractivity contribution < 1.29 is 4.79 Å². The van der Waals surface area contributed by atoms with Crippen LogP contribution in [0.1, 0.15) is 44.2 Å². The minimum Gasteiger partial charge on any atom is -0.356 e. The number of likely N-dealkylation sites (N-methyl/N-ethyl adjacent to an activating group) is 1. The first-order valence-corrected chi connectivity index (χ1v) is 11.7. The Bertz CT molecular complexity index is 1480. The van der Waals surface area contributed by atoms with Gasteiger partial charge < -0.3 is 4.98 Å². The van der Waals surface area contributed by atoms with Gasteiger partial charge in [0.1, 0.15) is 0 Å². The van der Waals surface area contributed by atoms with E-state index in [1.165, 1.54) is 11.3 Å². The van der Waals surface area contributed by atoms with Crippen LogP contribution in [0.2, 0.25) is 0 Å². The third kappa shape index (κ3) is 3.43. The van der Waals surface area contributed by atoms with E-state index >= 15 is 0 Å². The molecule has 4 aromatic rings. The number of hydrogen-bond acceptors (Lipinski definition) is 6. The molecule has 6 rings (SSSR count). The van der Waals surface area contributed by atoms with E-state index < -0.39 is 0 Å². The van der Waals surface area contributed by atoms with Crippen molar-refractivity contribution in [3.63, 3.8) is 0 Å². The summed E-state index contributed by atoms with van der Waals surface area (Å²) in [5.74, 6) is 0.320. The summed E-state index contributed by atoms with van der Waals surface area (Å²) in [6.07, 6.45) is 11.0. The quantitative estimate of drug-likeness (QED) is 0.435. The van der Waals surface area contributed by atoms with Crippen molar-refractivity contribution in [1.29, 1.82) is 0 Å². The zero-order valence-corrected chi connectivity index (χ0v) is 19.1. The molecule has 1 unspecified atom stereocenters. The lowest BCUT2D eigenvalue weighted by Crippen LogP contribution is -2.12. The second kappa shape index (κ2) is 7.67. The number of carbonyl (C=O) groups excluding carboxylic acids is 1. The maximum absolute atomic E-state index is 11.8. The Hall–Kier alpha value is -3.78. The fraction of sp³-hybridized carbons (Fsp3) is 0.200. The van der Waals surface area contributed by atoms with Crippen LogP contribution in [0, 0.1) is 0 Å². The summed E-state index contributed by atoms with van der Waals surface area (Å²) in [5.41, 5.74) is 7.12. The number of H-pyrrole nitrogens is 2. The minimum atomic E-state index is 0.0942. The van der Waals surface area contributed by atoms with E-state index in [9.17, 15) is 4.79 Å². The molecule has 2 aliphatic rings. The molecule has 33 heavy (non-hydrogen) atoms. The number of thiophene rings is 1. The van der Waals surface area contributed by atoms with E-state index in [4.69, 9.17) is 0 Å². The Morgan fingerprint density at radius 3 is 2.97 bits per heavy atom. The van der Waals surface area contributed by atoms with E-state index in [1.807, 2.05) is 36.6 Å². The number of pyridine rings is 1. The maximum atomic E-state index is 11.8. The lowest BCUT2D eigenvalue weighted by atomic mass is 10.0. The highest BCUT2D eigenvalue weighted by Crippen LogP contribution is 2.37. The predicted molar refractivity (Wildman–Crippen MR) is 132 cm³/mol. The van der Waals surface area contributed by atoms with Crippen molar-refractivity contribution in [1.82, 2.24) is 25.2 Å². The smallest absolute Gasteiger partial charge is 0.181 e. The van der Waals surface area contributed by atoms with Gasteiger partial charge in [0.05, 0.1) is 16.3 Å². The first kappa shape index (κ1) is 19.9. The predicted octanol–water partition coefficient (Wildman–Crippen LogP) is 4.78. The lowest BCUT2D eigenvalue weighted by Gasteiger charge is -2.10. The van der Waals surface area contributed by atoms with E-state index in [-0.39, 0.29) is 11.7 Å². The topological polar surface area (TPSA) is 90.0 Å². The van der Waals surface area contributed by atoms with E-state index in [2.05, 4.69) is 55.6 Å². The number of nitrogens with zero attached hydrogens (tertiary/aromatic N) is 4. The number of nitrogens with one attached hydrogen (secondary N) is 2. The SMILES string of the molecule is CC(=O)c1ccc(C2=CC=CCc3[nH]c(-c4[nH]nc5ncc(C6C=NN(C)C6)cc45)cc32)s1. The van der Waals surface area contributed by atoms with Gasteiger partial charge in [0.25, 0.3) is 0 Å². The highest BCUT2D eigenvalue weighted by molar-refractivity contribution is 7.15. The second-order valence-electron chi connectivity index (χ2n) is 8.46. The summed E-state index contributed by atoms with van der Waals surface area (Å²) in [5, 5.41) is 14.9. The second-order valence-corrected chi connectivity index (χ2v) is 9.54. The molecule has 4 aromatic heterocycles. The number of fused-ring (bicyclic) bond motifs is 2. The van der Waals surface area contributed by atoms with E-state index in [0.29, 0.717) is 5.65 Å². The Morgan fingerprint density at radius 1 is 1.27 bits per heavy atom. The molecule has 164 valence electrons. The summed E-state index contributed by atoms with van der Waals surface area (Å²) in [6.45, 7) is 2.46. The molecule has 0 amide bonds. The first-order valence-electron chi connectivity index (χ1n) is 10.9. The molecular formula is C25H22N6OS. The summed E-state index contributed by atoms with van der Waals surface area (Å²) >= 11 is 1.53. The molecule has 1 atom stereocenters. The van der Waals surface area contributed by atoms with Crippen LogP contribution in [0.5, 0.6) is 0 Å². The average Bonchev–Trinajstić information content (AvgIpc) is 3.58. The average molecular weight is 455 g/mol. The molecule has 7 nitrogen and oxygen atoms in total. The molecule has 5 heterocycles. The van der Waals surface area contributed by atoms with Gasteiger partial charge in [-0.05, 0) is 36.8 Å². The van der Waals surface area contributed by atoms with Gasteiger partial charge in [0.2, 0.25) is 0 Å². The van der Waals surface area contributed by atoms with Crippen molar-refractivity contribution in [3.05, 3.63) is 75.3 Å². The van der Waals surface area contributed by atoms with Gasteiger partial charge in [-0.15, -0.1) is 11.3 Å². The molecule has 0 radical (unpaired) electrons. The minimum absolute atomic E-state index is 0.0942. The highest BCUT2D eigenvalue weighted by atomic mass is 32.1. The Labute approximate surface area is 194 Å². The normalized spacial score (nSPS) is 17.5. The molecule has 0 fully saturated rings. The van der Waals surface area contributed by atoms with Gasteiger partial charge >= 0.3 is 0 Å². The zero-order chi connectivity index (χ0) is 22.5. The van der Waals surface area contributed by atoms with E-state index in [0.717, 1.165) is 61.9 Å². The van der Waals surface area contributed by atoms with Crippen molar-refractivity contribution in [2.45, 2.75) is 19.3 Å². The standard InChI is InChI=1S/C25H22N6OS/c1-14(32)22-7-8-23(33-22)17-5-3-4-6-20-18(17)10-21(28-20)24-19-9-15(11-26-25(19)30-29-24)16-12-27-31(2)13-16/h3-5,7-12,16,28H,6,13H2,1-2H3,(H,26,29,30). The van der Waals surface area contributed by atoms with Gasteiger partial charge in [-0.2, -0.15) is 10.2 Å². The van der Waals surface area contributed by atoms with Crippen molar-refractivity contribution >= 4 is 39.9 Å². The molecule has 0 saturated carbocycles. The lowest BCUT2D eigenvalue weighted by molar-refractivity contribution is 0.102. The van der Waals surface area contributed by atoms with Crippen LogP contribution in [0.3, 0.4) is 0 Å². The largest absolute Gasteiger partial charge is 0.356 e. The van der Waals surface area contributed by atoms with Crippen LogP contribution in [-0.2, 0) is 6.42 Å². The number of ketones is 1. The number of aromatic amines is 2. The molecule has 8 heteroatoms. The highest BCUT2D eigenvalue weighted by Gasteiger charge is 2.22. The molecule has 0 aromatic carbocycles. The summed E-state index contributed by atoms with van der Waals surface area (Å²) < 4.78 is 0. The monoisotopic (exact) mass is 454 g/mol. The van der Waals surface area contributed by atoms with Crippen LogP contribution >= 0.6 is 11.3 Å². The van der Waals surface area contributed by atoms with Crippen LogP contribution < -0.4 is 0 Å². The molecule has 0 spiro atoms. The molecular weight excluding hydrogens is 432 g/mol. The van der Waals surface area contributed by atoms with Gasteiger partial charge in [-0.3, -0.25) is 14.9 Å². The van der Waals surface area contributed by atoms with Gasteiger partial charge in [-0.1, -0.05) is 18.2 Å². The fourth-order valence-electron chi connectivity index (χ4n) is 4.45. The van der Waals surface area contributed by atoms with Crippen molar-refractivity contribution in [3.8, 4) is 11.4 Å². The number of hydrazone groups is 1. The summed E-state index contributed by atoms with van der Waals surface area (Å²) in [4.78, 5) is 21.9. The van der Waals surface area contributed by atoms with Gasteiger partial charge in [-0.25, -0.2) is 4.98 Å². The summed E-state index contributed by atoms with van der Waals surface area (Å²) in [6, 6.07) is 8.28. The number of hydrogen-bond donors (Lipinski definition) is 2. The Balaban J connectivity index is 1.42. The Kier molecular flexibility index (Phi) is 4.62. The fourth-order valence-corrected chi connectivity index (χ4v) is 5.39. The number of Topliss-reactive ketones (excluding diaryl/α,β-unsaturated/α-hetero) is 1. The molecule has 1 aliphatic heterocycles. The van der Waals surface area contributed by atoms with Crippen LogP contribution in [0.4, 0.5) is 0 Å². The van der Waals surface area contributed by atoms with Gasteiger partial charge in [0, 0.05) is 65.4 Å². The number of aromatic nitrogens is 4. The van der Waals surface area contributed by atoms with Crippen molar-refractivity contribution in [2.75, 3.05) is 13.6 Å². The number of carbonyl (C=O) groups is 1. The molecule has 0 saturated heterocycles. The summed E-state index contributed by atoms with van der Waals surface area (Å²) in [7, 11) is 1.98. The van der Waals surface area contributed by atoms with Crippen LogP contribution in [-0.4, -0.2) is 50.8 Å². The first-order chi connectivity index (χ1) is 16.1. The third-order valence-electron chi connectivity index (χ3n) is 6.16. The van der Waals surface area contributed by atoms with E-state index in [1.54, 1.807) is 6.92 Å². The number of rotatable bonds is 4. The molecule has 1 aliphatic carbocycles. The third-order valence-corrected chi connectivity index (χ3v) is 7.38. The molecule has 0 bridgehead atoms. The maximum Gasteiger partial charge on any atom is 0.181 e. The van der Waals surface area contributed by atoms with Crippen LogP contribution in [0.15, 0.2) is 53.8 Å². The van der Waals surface area contributed by atoms with Gasteiger partial charge in [0.15, 0.2) is 11.4 Å². The van der Waals surface area contributed by atoms with Crippen molar-refractivity contribution in [2.24, 2.45) is 5.10 Å². The Morgan fingerprint density at radius 2 is 2.18 bits per heavy atom.